The largest absolute Gasteiger partial charge is 0.434 e. The van der Waals surface area contributed by atoms with Crippen LogP contribution in [0.25, 0.3) is 11.1 Å². The Balaban J connectivity index is 2.25. The third-order valence-corrected chi connectivity index (χ3v) is 2.12. The number of hydrogen-bond acceptors (Lipinski definition) is 3. The number of para-hydroxylation sites is 2. The molecular weight excluding hydrogens is 190 g/mol. The van der Waals surface area contributed by atoms with Crippen LogP contribution in [-0.4, -0.2) is 10.8 Å². The highest BCUT2D eigenvalue weighted by atomic mass is 16.4. The molecule has 77 valence electrons. The van der Waals surface area contributed by atoms with Crippen molar-refractivity contribution in [3.8, 4) is 0 Å². The van der Waals surface area contributed by atoms with Crippen LogP contribution in [-0.2, 0) is 0 Å². The first kappa shape index (κ1) is 9.90. The van der Waals surface area contributed by atoms with Crippen LogP contribution in [0.2, 0.25) is 0 Å². The van der Waals surface area contributed by atoms with Gasteiger partial charge in [-0.15, -0.1) is 0 Å². The minimum absolute atomic E-state index is 0.131. The average Bonchev–Trinajstić information content (AvgIpc) is 2.69. The van der Waals surface area contributed by atoms with E-state index in [2.05, 4.69) is 4.98 Å². The Morgan fingerprint density at radius 2 is 2.27 bits per heavy atom. The molecule has 15 heavy (non-hydrogen) atoms. The molecule has 1 aromatic heterocycles. The van der Waals surface area contributed by atoms with Gasteiger partial charge in [0.1, 0.15) is 5.52 Å². The highest BCUT2D eigenvalue weighted by molar-refractivity contribution is 6.00. The number of Topliss-reactive ketones (excluding diaryl/α,β-unsaturated/α-hetero) is 1. The zero-order chi connectivity index (χ0) is 10.7. The molecule has 0 N–H and O–H groups in total. The number of oxazole rings is 1. The van der Waals surface area contributed by atoms with E-state index in [1.165, 1.54) is 0 Å². The van der Waals surface area contributed by atoms with Gasteiger partial charge in [0.2, 0.25) is 5.78 Å². The molecule has 0 unspecified atom stereocenters. The fourth-order valence-corrected chi connectivity index (χ4v) is 1.34. The number of ketones is 1. The average molecular weight is 202 g/mol. The molecule has 0 spiro atoms. The molecule has 2 aromatic rings. The van der Waals surface area contributed by atoms with Gasteiger partial charge in [0.05, 0.1) is 0 Å². The molecule has 3 nitrogen and oxygen atoms in total. The van der Waals surface area contributed by atoms with E-state index in [-0.39, 0.29) is 11.7 Å². The number of benzene rings is 1. The van der Waals surface area contributed by atoms with Crippen molar-refractivity contribution in [2.45, 2.75) is 19.8 Å². The lowest BCUT2D eigenvalue weighted by atomic mass is 10.2. The molecule has 0 aliphatic heterocycles. The van der Waals surface area contributed by atoms with E-state index in [1.807, 2.05) is 25.1 Å². The molecule has 0 fully saturated rings. The highest BCUT2D eigenvalue weighted by Gasteiger charge is 2.13. The summed E-state index contributed by atoms with van der Waals surface area (Å²) in [6.07, 6.45) is 3.33. The monoisotopic (exact) mass is 202 g/mol. The highest BCUT2D eigenvalue weighted by Crippen LogP contribution is 2.16. The minimum atomic E-state index is -0.131. The molecule has 0 aliphatic rings. The van der Waals surface area contributed by atoms with Gasteiger partial charge in [-0.1, -0.05) is 25.5 Å². The lowest BCUT2D eigenvalue weighted by molar-refractivity contribution is 0.0992. The SMILES string of the molecule is CCC[CH]C(=O)c1nc2ccccc2o1. The van der Waals surface area contributed by atoms with Crippen molar-refractivity contribution in [2.24, 2.45) is 0 Å². The van der Waals surface area contributed by atoms with Gasteiger partial charge < -0.3 is 4.42 Å². The van der Waals surface area contributed by atoms with Crippen LogP contribution in [0.5, 0.6) is 0 Å². The first-order valence-electron chi connectivity index (χ1n) is 5.04. The summed E-state index contributed by atoms with van der Waals surface area (Å²) in [7, 11) is 0. The number of fused-ring (bicyclic) bond motifs is 1. The van der Waals surface area contributed by atoms with Crippen LogP contribution in [0.4, 0.5) is 0 Å². The number of nitrogens with zero attached hydrogens (tertiary/aromatic N) is 1. The van der Waals surface area contributed by atoms with Crippen molar-refractivity contribution < 1.29 is 9.21 Å². The van der Waals surface area contributed by atoms with E-state index in [9.17, 15) is 4.79 Å². The molecule has 1 aromatic carbocycles. The number of carbonyl (C=O) groups is 1. The zero-order valence-electron chi connectivity index (χ0n) is 8.56. The number of aromatic nitrogens is 1. The number of unbranched alkanes of at least 4 members (excludes halogenated alkanes) is 1. The predicted molar refractivity (Wildman–Crippen MR) is 57.5 cm³/mol. The lowest BCUT2D eigenvalue weighted by Gasteiger charge is -1.91. The summed E-state index contributed by atoms with van der Waals surface area (Å²) in [6, 6.07) is 7.36. The normalized spacial score (nSPS) is 10.7. The van der Waals surface area contributed by atoms with Crippen LogP contribution in [0.15, 0.2) is 28.7 Å². The summed E-state index contributed by atoms with van der Waals surface area (Å²) in [4.78, 5) is 15.7. The summed E-state index contributed by atoms with van der Waals surface area (Å²) in [5, 5.41) is 0. The minimum Gasteiger partial charge on any atom is -0.434 e. The summed E-state index contributed by atoms with van der Waals surface area (Å²) >= 11 is 0. The van der Waals surface area contributed by atoms with Crippen molar-refractivity contribution in [3.05, 3.63) is 36.6 Å². The predicted octanol–water partition coefficient (Wildman–Crippen LogP) is 3.01. The van der Waals surface area contributed by atoms with Crippen LogP contribution in [0.1, 0.15) is 30.5 Å². The molecule has 3 heteroatoms. The van der Waals surface area contributed by atoms with E-state index in [0.29, 0.717) is 5.58 Å². The molecule has 0 atom stereocenters. The van der Waals surface area contributed by atoms with Crippen molar-refractivity contribution in [1.29, 1.82) is 0 Å². The van der Waals surface area contributed by atoms with Crippen molar-refractivity contribution in [2.75, 3.05) is 0 Å². The quantitative estimate of drug-likeness (QED) is 0.716. The zero-order valence-corrected chi connectivity index (χ0v) is 8.56. The summed E-state index contributed by atoms with van der Waals surface area (Å²) in [5.41, 5.74) is 1.39. The third kappa shape index (κ3) is 2.06. The summed E-state index contributed by atoms with van der Waals surface area (Å²) < 4.78 is 5.33. The van der Waals surface area contributed by atoms with Crippen molar-refractivity contribution >= 4 is 16.9 Å². The van der Waals surface area contributed by atoms with Crippen LogP contribution < -0.4 is 0 Å². The molecule has 1 heterocycles. The maximum Gasteiger partial charge on any atom is 0.264 e. The fourth-order valence-electron chi connectivity index (χ4n) is 1.34. The Morgan fingerprint density at radius 3 is 3.00 bits per heavy atom. The van der Waals surface area contributed by atoms with Gasteiger partial charge in [0, 0.05) is 6.42 Å². The molecule has 0 amide bonds. The van der Waals surface area contributed by atoms with Gasteiger partial charge in [0.15, 0.2) is 5.58 Å². The van der Waals surface area contributed by atoms with E-state index in [4.69, 9.17) is 4.42 Å². The second-order valence-electron chi connectivity index (χ2n) is 3.34. The molecule has 0 aliphatic carbocycles. The standard InChI is InChI=1S/C12H12NO2/c1-2-3-7-10(14)12-13-9-6-4-5-8-11(9)15-12/h4-8H,2-3H2,1H3. The molecule has 0 saturated heterocycles. The number of hydrogen-bond donors (Lipinski definition) is 0. The van der Waals surface area contributed by atoms with Gasteiger partial charge in [-0.05, 0) is 18.6 Å². The number of carbonyl (C=O) groups excluding carboxylic acids is 1. The second-order valence-corrected chi connectivity index (χ2v) is 3.34. The van der Waals surface area contributed by atoms with E-state index in [1.54, 1.807) is 12.5 Å². The lowest BCUT2D eigenvalue weighted by Crippen LogP contribution is -1.99. The molecule has 0 saturated carbocycles. The van der Waals surface area contributed by atoms with Crippen LogP contribution in [0.3, 0.4) is 0 Å². The first-order valence-corrected chi connectivity index (χ1v) is 5.04. The van der Waals surface area contributed by atoms with Gasteiger partial charge in [-0.2, -0.15) is 0 Å². The smallest absolute Gasteiger partial charge is 0.264 e. The maximum atomic E-state index is 11.6. The van der Waals surface area contributed by atoms with Gasteiger partial charge in [-0.3, -0.25) is 4.79 Å². The fraction of sp³-hybridized carbons (Fsp3) is 0.250. The molecule has 2 rings (SSSR count). The molecular formula is C12H12NO2. The summed E-state index contributed by atoms with van der Waals surface area (Å²) in [6.45, 7) is 2.02. The van der Waals surface area contributed by atoms with E-state index < -0.39 is 0 Å². The molecule has 0 bridgehead atoms. The Labute approximate surface area is 88.1 Å². The van der Waals surface area contributed by atoms with Crippen molar-refractivity contribution in [3.63, 3.8) is 0 Å². The van der Waals surface area contributed by atoms with Crippen LogP contribution in [0, 0.1) is 6.42 Å². The van der Waals surface area contributed by atoms with Crippen LogP contribution >= 0.6 is 0 Å². The Kier molecular flexibility index (Phi) is 2.81. The summed E-state index contributed by atoms with van der Waals surface area (Å²) in [5.74, 6) is 0.0534. The van der Waals surface area contributed by atoms with Gasteiger partial charge >= 0.3 is 0 Å². The number of rotatable bonds is 4. The van der Waals surface area contributed by atoms with E-state index in [0.717, 1.165) is 18.4 Å². The topological polar surface area (TPSA) is 43.1 Å². The maximum absolute atomic E-state index is 11.6. The molecule has 1 radical (unpaired) electrons. The third-order valence-electron chi connectivity index (χ3n) is 2.12. The van der Waals surface area contributed by atoms with Gasteiger partial charge in [-0.25, -0.2) is 4.98 Å². The first-order chi connectivity index (χ1) is 7.31. The second kappa shape index (κ2) is 4.26. The van der Waals surface area contributed by atoms with Gasteiger partial charge in [0.25, 0.3) is 5.89 Å². The Morgan fingerprint density at radius 1 is 1.47 bits per heavy atom. The Bertz CT molecular complexity index is 440. The van der Waals surface area contributed by atoms with Crippen molar-refractivity contribution in [1.82, 2.24) is 4.98 Å². The van der Waals surface area contributed by atoms with E-state index >= 15 is 0 Å². The Hall–Kier alpha value is -1.64.